The number of nitrogens with one attached hydrogen (secondary N) is 1. The summed E-state index contributed by atoms with van der Waals surface area (Å²) in [4.78, 5) is 36.9. The maximum atomic E-state index is 12.2. The van der Waals surface area contributed by atoms with E-state index >= 15 is 0 Å². The number of hydrogen-bond donors (Lipinski definition) is 2. The van der Waals surface area contributed by atoms with Gasteiger partial charge in [0.1, 0.15) is 10.8 Å². The zero-order chi connectivity index (χ0) is 21.0. The number of thiophene rings is 1. The Labute approximate surface area is 173 Å². The fourth-order valence-corrected chi connectivity index (χ4v) is 4.64. The first-order valence-corrected chi connectivity index (χ1v) is 10.3. The first kappa shape index (κ1) is 20.9. The molecule has 0 radical (unpaired) electrons. The van der Waals surface area contributed by atoms with Crippen molar-refractivity contribution >= 4 is 34.1 Å². The molecule has 0 aliphatic heterocycles. The van der Waals surface area contributed by atoms with Crippen molar-refractivity contribution in [2.45, 2.75) is 39.0 Å². The molecular weight excluding hydrogens is 392 g/mol. The summed E-state index contributed by atoms with van der Waals surface area (Å²) in [5.74, 6) is -0.872. The first-order valence-electron chi connectivity index (χ1n) is 9.48. The van der Waals surface area contributed by atoms with Crippen LogP contribution in [-0.2, 0) is 27.2 Å². The minimum atomic E-state index is -0.650. The molecule has 1 aromatic heterocycles. The summed E-state index contributed by atoms with van der Waals surface area (Å²) in [7, 11) is 0. The van der Waals surface area contributed by atoms with Crippen LogP contribution in [0.4, 0.5) is 5.00 Å². The third-order valence-electron chi connectivity index (χ3n) is 4.67. The maximum absolute atomic E-state index is 12.2. The van der Waals surface area contributed by atoms with Crippen LogP contribution in [0.15, 0.2) is 24.3 Å². The van der Waals surface area contributed by atoms with Crippen LogP contribution in [0.3, 0.4) is 0 Å². The summed E-state index contributed by atoms with van der Waals surface area (Å²) in [6.07, 6.45) is 2.64. The molecule has 1 aliphatic rings. The normalized spacial score (nSPS) is 12.5. The Balaban J connectivity index is 1.51. The Morgan fingerprint density at radius 2 is 1.93 bits per heavy atom. The summed E-state index contributed by atoms with van der Waals surface area (Å²) < 4.78 is 10.5. The highest BCUT2D eigenvalue weighted by molar-refractivity contribution is 7.17. The number of esters is 1. The van der Waals surface area contributed by atoms with Crippen LogP contribution in [0.2, 0.25) is 0 Å². The lowest BCUT2D eigenvalue weighted by molar-refractivity contribution is -0.149. The van der Waals surface area contributed by atoms with Gasteiger partial charge < -0.3 is 20.5 Å². The van der Waals surface area contributed by atoms with Crippen LogP contribution in [-0.4, -0.2) is 31.0 Å². The highest BCUT2D eigenvalue weighted by atomic mass is 32.1. The Bertz CT molecular complexity index is 935. The molecule has 3 N–H and O–H groups in total. The monoisotopic (exact) mass is 416 g/mol. The van der Waals surface area contributed by atoms with E-state index in [9.17, 15) is 14.4 Å². The fraction of sp³-hybridized carbons (Fsp3) is 0.381. The standard InChI is InChI=1S/C21H24N2O5S/c1-12(2)13-6-3-4-8-15(13)27-11-18(25)28-10-17(24)23-21-19(20(22)26)14-7-5-9-16(14)29-21/h3-4,6,8,12H,5,7,9-11H2,1-2H3,(H2,22,26)(H,23,24). The van der Waals surface area contributed by atoms with Gasteiger partial charge in [-0.05, 0) is 42.4 Å². The van der Waals surface area contributed by atoms with Gasteiger partial charge in [0.2, 0.25) is 0 Å². The van der Waals surface area contributed by atoms with Gasteiger partial charge in [0.15, 0.2) is 13.2 Å². The van der Waals surface area contributed by atoms with Gasteiger partial charge in [0.05, 0.1) is 5.56 Å². The van der Waals surface area contributed by atoms with Crippen molar-refractivity contribution in [3.8, 4) is 5.75 Å². The first-order chi connectivity index (χ1) is 13.9. The summed E-state index contributed by atoms with van der Waals surface area (Å²) in [6.45, 7) is 3.31. The van der Waals surface area contributed by atoms with Crippen molar-refractivity contribution in [1.29, 1.82) is 0 Å². The second-order valence-electron chi connectivity index (χ2n) is 7.12. The molecule has 1 heterocycles. The molecule has 8 heteroatoms. The number of para-hydroxylation sites is 1. The summed E-state index contributed by atoms with van der Waals surface area (Å²) in [5.41, 5.74) is 7.76. The van der Waals surface area contributed by atoms with Crippen molar-refractivity contribution < 1.29 is 23.9 Å². The SMILES string of the molecule is CC(C)c1ccccc1OCC(=O)OCC(=O)Nc1sc2c(c1C(N)=O)CCC2. The van der Waals surface area contributed by atoms with Crippen molar-refractivity contribution in [3.63, 3.8) is 0 Å². The van der Waals surface area contributed by atoms with E-state index in [2.05, 4.69) is 5.32 Å². The van der Waals surface area contributed by atoms with Gasteiger partial charge in [-0.3, -0.25) is 9.59 Å². The highest BCUT2D eigenvalue weighted by Gasteiger charge is 2.26. The molecule has 0 atom stereocenters. The number of benzene rings is 1. The Kier molecular flexibility index (Phi) is 6.53. The van der Waals surface area contributed by atoms with E-state index in [4.69, 9.17) is 15.2 Å². The van der Waals surface area contributed by atoms with Gasteiger partial charge in [-0.1, -0.05) is 32.0 Å². The Hall–Kier alpha value is -2.87. The summed E-state index contributed by atoms with van der Waals surface area (Å²) >= 11 is 1.35. The largest absolute Gasteiger partial charge is 0.482 e. The second kappa shape index (κ2) is 9.09. The summed E-state index contributed by atoms with van der Waals surface area (Å²) in [5, 5.41) is 3.06. The van der Waals surface area contributed by atoms with E-state index in [1.807, 2.05) is 32.0 Å². The van der Waals surface area contributed by atoms with Gasteiger partial charge in [-0.2, -0.15) is 0 Å². The predicted octanol–water partition coefficient (Wildman–Crippen LogP) is 3.02. The number of rotatable bonds is 8. The number of ether oxygens (including phenoxy) is 2. The molecule has 7 nitrogen and oxygen atoms in total. The average Bonchev–Trinajstić information content (AvgIpc) is 3.25. The van der Waals surface area contributed by atoms with Crippen molar-refractivity contribution in [1.82, 2.24) is 0 Å². The van der Waals surface area contributed by atoms with Crippen molar-refractivity contribution in [2.24, 2.45) is 5.73 Å². The number of anilines is 1. The molecular formula is C21H24N2O5S. The Morgan fingerprint density at radius 1 is 1.17 bits per heavy atom. The van der Waals surface area contributed by atoms with Crippen LogP contribution >= 0.6 is 11.3 Å². The van der Waals surface area contributed by atoms with Gasteiger partial charge in [-0.15, -0.1) is 11.3 Å². The smallest absolute Gasteiger partial charge is 0.344 e. The van der Waals surface area contributed by atoms with E-state index < -0.39 is 24.4 Å². The van der Waals surface area contributed by atoms with E-state index in [-0.39, 0.29) is 12.5 Å². The number of nitrogens with two attached hydrogens (primary N) is 1. The molecule has 1 aliphatic carbocycles. The number of amides is 2. The number of primary amides is 1. The lowest BCUT2D eigenvalue weighted by atomic mass is 10.0. The van der Waals surface area contributed by atoms with Gasteiger partial charge in [-0.25, -0.2) is 4.79 Å². The van der Waals surface area contributed by atoms with Crippen LogP contribution in [0.5, 0.6) is 5.75 Å². The third-order valence-corrected chi connectivity index (χ3v) is 5.88. The fourth-order valence-electron chi connectivity index (χ4n) is 3.33. The van der Waals surface area contributed by atoms with E-state index in [1.165, 1.54) is 11.3 Å². The van der Waals surface area contributed by atoms with Crippen molar-refractivity contribution in [3.05, 3.63) is 45.8 Å². The number of carbonyl (C=O) groups is 3. The summed E-state index contributed by atoms with van der Waals surface area (Å²) in [6, 6.07) is 7.46. The minimum absolute atomic E-state index is 0.250. The second-order valence-corrected chi connectivity index (χ2v) is 8.22. The topological polar surface area (TPSA) is 108 Å². The van der Waals surface area contributed by atoms with Gasteiger partial charge in [0.25, 0.3) is 11.8 Å². The van der Waals surface area contributed by atoms with E-state index in [0.717, 1.165) is 35.3 Å². The van der Waals surface area contributed by atoms with Crippen LogP contribution < -0.4 is 15.8 Å². The number of fused-ring (bicyclic) bond motifs is 1. The molecule has 0 bridgehead atoms. The molecule has 0 spiro atoms. The zero-order valence-corrected chi connectivity index (χ0v) is 17.3. The molecule has 0 unspecified atom stereocenters. The van der Waals surface area contributed by atoms with Gasteiger partial charge in [0, 0.05) is 4.88 Å². The van der Waals surface area contributed by atoms with Crippen molar-refractivity contribution in [2.75, 3.05) is 18.5 Å². The lowest BCUT2D eigenvalue weighted by Crippen LogP contribution is -2.24. The quantitative estimate of drug-likeness (QED) is 0.643. The molecule has 154 valence electrons. The molecule has 2 aromatic rings. The number of carbonyl (C=O) groups excluding carboxylic acids is 3. The van der Waals surface area contributed by atoms with E-state index in [0.29, 0.717) is 16.3 Å². The van der Waals surface area contributed by atoms with Crippen LogP contribution in [0.25, 0.3) is 0 Å². The molecule has 2 amide bonds. The Morgan fingerprint density at radius 3 is 2.66 bits per heavy atom. The molecule has 0 saturated heterocycles. The average molecular weight is 416 g/mol. The number of aryl methyl sites for hydroxylation is 1. The zero-order valence-electron chi connectivity index (χ0n) is 16.4. The lowest BCUT2D eigenvalue weighted by Gasteiger charge is -2.13. The molecule has 29 heavy (non-hydrogen) atoms. The molecule has 0 saturated carbocycles. The highest BCUT2D eigenvalue weighted by Crippen LogP contribution is 2.38. The molecule has 0 fully saturated rings. The predicted molar refractivity (Wildman–Crippen MR) is 110 cm³/mol. The van der Waals surface area contributed by atoms with Crippen LogP contribution in [0, 0.1) is 0 Å². The third kappa shape index (κ3) is 4.95. The van der Waals surface area contributed by atoms with E-state index in [1.54, 1.807) is 6.07 Å². The number of hydrogen-bond acceptors (Lipinski definition) is 6. The molecule has 3 rings (SSSR count). The molecule has 1 aromatic carbocycles. The van der Waals surface area contributed by atoms with Crippen LogP contribution in [0.1, 0.15) is 52.5 Å². The maximum Gasteiger partial charge on any atom is 0.344 e. The minimum Gasteiger partial charge on any atom is -0.482 e. The van der Waals surface area contributed by atoms with Gasteiger partial charge >= 0.3 is 5.97 Å².